The maximum Gasteiger partial charge on any atom is 0.333 e. The lowest BCUT2D eigenvalue weighted by Gasteiger charge is -2.14. The van der Waals surface area contributed by atoms with Gasteiger partial charge in [0.1, 0.15) is 0 Å². The Morgan fingerprint density at radius 3 is 2.33 bits per heavy atom. The molecule has 0 radical (unpaired) electrons. The summed E-state index contributed by atoms with van der Waals surface area (Å²) in [7, 11) is 1.37. The van der Waals surface area contributed by atoms with E-state index in [4.69, 9.17) is 0 Å². The van der Waals surface area contributed by atoms with E-state index in [1.54, 1.807) is 13.0 Å². The van der Waals surface area contributed by atoms with Crippen LogP contribution in [0.15, 0.2) is 47.1 Å². The van der Waals surface area contributed by atoms with Gasteiger partial charge in [0, 0.05) is 11.5 Å². The molecule has 0 bridgehead atoms. The molecular weight excluding hydrogens is 264 g/mol. The van der Waals surface area contributed by atoms with Crippen LogP contribution in [0.3, 0.4) is 0 Å². The summed E-state index contributed by atoms with van der Waals surface area (Å²) in [5.74, 6) is -0.240. The van der Waals surface area contributed by atoms with Crippen LogP contribution < -0.4 is 0 Å². The van der Waals surface area contributed by atoms with Crippen molar-refractivity contribution in [2.75, 3.05) is 7.11 Å². The Hall–Kier alpha value is -1.61. The molecule has 3 heteroatoms. The van der Waals surface area contributed by atoms with Crippen molar-refractivity contribution in [2.24, 2.45) is 5.92 Å². The molecule has 0 rings (SSSR count). The van der Waals surface area contributed by atoms with Crippen molar-refractivity contribution < 1.29 is 14.6 Å². The fraction of sp³-hybridized carbons (Fsp3) is 0.500. The highest BCUT2D eigenvalue weighted by Crippen LogP contribution is 2.14. The third kappa shape index (κ3) is 8.30. The minimum atomic E-state index is -0.378. The van der Waals surface area contributed by atoms with Crippen LogP contribution in [0.2, 0.25) is 0 Å². The van der Waals surface area contributed by atoms with Gasteiger partial charge < -0.3 is 9.84 Å². The molecule has 21 heavy (non-hydrogen) atoms. The maximum absolute atomic E-state index is 11.3. The molecule has 0 aliphatic carbocycles. The SMILES string of the molecule is C/C=C/CC(O)[C@H](C)/C=C(C)/C=C(C)/C=C(\C)C(=O)OC. The Morgan fingerprint density at radius 2 is 1.81 bits per heavy atom. The van der Waals surface area contributed by atoms with Crippen molar-refractivity contribution >= 4 is 5.97 Å². The van der Waals surface area contributed by atoms with Gasteiger partial charge in [-0.05, 0) is 40.2 Å². The van der Waals surface area contributed by atoms with Crippen LogP contribution >= 0.6 is 0 Å². The van der Waals surface area contributed by atoms with Gasteiger partial charge in [-0.2, -0.15) is 0 Å². The van der Waals surface area contributed by atoms with Gasteiger partial charge in [0.15, 0.2) is 0 Å². The van der Waals surface area contributed by atoms with Crippen molar-refractivity contribution in [3.63, 3.8) is 0 Å². The highest BCUT2D eigenvalue weighted by molar-refractivity contribution is 5.88. The number of aliphatic hydroxyl groups is 1. The molecule has 0 saturated carbocycles. The zero-order valence-corrected chi connectivity index (χ0v) is 14.0. The summed E-state index contributed by atoms with van der Waals surface area (Å²) in [6, 6.07) is 0. The summed E-state index contributed by atoms with van der Waals surface area (Å²) in [6.07, 6.45) is 10.0. The highest BCUT2D eigenvalue weighted by Gasteiger charge is 2.09. The predicted octanol–water partition coefficient (Wildman–Crippen LogP) is 3.96. The molecule has 0 fully saturated rings. The van der Waals surface area contributed by atoms with Gasteiger partial charge in [-0.1, -0.05) is 42.4 Å². The number of esters is 1. The molecule has 1 N–H and O–H groups in total. The highest BCUT2D eigenvalue weighted by atomic mass is 16.5. The van der Waals surface area contributed by atoms with E-state index in [-0.39, 0.29) is 18.0 Å². The first-order valence-corrected chi connectivity index (χ1v) is 7.24. The molecule has 0 aromatic carbocycles. The van der Waals surface area contributed by atoms with Gasteiger partial charge in [-0.3, -0.25) is 0 Å². The molecule has 0 aromatic rings. The number of rotatable bonds is 7. The van der Waals surface area contributed by atoms with Crippen molar-refractivity contribution in [3.8, 4) is 0 Å². The van der Waals surface area contributed by atoms with E-state index in [1.807, 2.05) is 52.0 Å². The Balaban J connectivity index is 4.84. The average Bonchev–Trinajstić information content (AvgIpc) is 2.42. The average molecular weight is 292 g/mol. The molecule has 2 atom stereocenters. The van der Waals surface area contributed by atoms with E-state index in [0.29, 0.717) is 12.0 Å². The Labute approximate surface area is 128 Å². The van der Waals surface area contributed by atoms with Gasteiger partial charge in [-0.15, -0.1) is 0 Å². The Bertz CT molecular complexity index is 453. The molecule has 1 unspecified atom stereocenters. The van der Waals surface area contributed by atoms with Crippen LogP contribution in [-0.2, 0) is 9.53 Å². The summed E-state index contributed by atoms with van der Waals surface area (Å²) in [4.78, 5) is 11.3. The second-order valence-corrected chi connectivity index (χ2v) is 5.35. The maximum atomic E-state index is 11.3. The van der Waals surface area contributed by atoms with Crippen molar-refractivity contribution in [3.05, 3.63) is 47.1 Å². The van der Waals surface area contributed by atoms with Crippen LogP contribution in [0.5, 0.6) is 0 Å². The van der Waals surface area contributed by atoms with E-state index >= 15 is 0 Å². The Kier molecular flexibility index (Phi) is 9.39. The van der Waals surface area contributed by atoms with Gasteiger partial charge in [0.05, 0.1) is 13.2 Å². The molecule has 0 aliphatic heterocycles. The first kappa shape index (κ1) is 19.4. The molecule has 0 aliphatic rings. The molecule has 118 valence electrons. The Morgan fingerprint density at radius 1 is 1.19 bits per heavy atom. The first-order chi connectivity index (χ1) is 9.81. The smallest absolute Gasteiger partial charge is 0.333 e. The molecule has 0 saturated heterocycles. The number of carbonyl (C=O) groups is 1. The van der Waals surface area contributed by atoms with E-state index in [1.165, 1.54) is 7.11 Å². The fourth-order valence-corrected chi connectivity index (χ4v) is 2.03. The number of allylic oxidation sites excluding steroid dienone is 5. The van der Waals surface area contributed by atoms with Crippen LogP contribution in [0.4, 0.5) is 0 Å². The largest absolute Gasteiger partial charge is 0.466 e. The number of carbonyl (C=O) groups excluding carboxylic acids is 1. The van der Waals surface area contributed by atoms with E-state index in [9.17, 15) is 9.90 Å². The number of ether oxygens (including phenoxy) is 1. The predicted molar refractivity (Wildman–Crippen MR) is 87.9 cm³/mol. The zero-order chi connectivity index (χ0) is 16.4. The topological polar surface area (TPSA) is 46.5 Å². The molecule has 0 aromatic heterocycles. The number of methoxy groups -OCH3 is 1. The molecular formula is C18H28O3. The molecule has 0 spiro atoms. The second-order valence-electron chi connectivity index (χ2n) is 5.35. The summed E-state index contributed by atoms with van der Waals surface area (Å²) >= 11 is 0. The van der Waals surface area contributed by atoms with Gasteiger partial charge in [0.25, 0.3) is 0 Å². The van der Waals surface area contributed by atoms with Gasteiger partial charge >= 0.3 is 5.97 Å². The lowest BCUT2D eigenvalue weighted by molar-refractivity contribution is -0.136. The van der Waals surface area contributed by atoms with Gasteiger partial charge in [-0.25, -0.2) is 4.79 Å². The first-order valence-electron chi connectivity index (χ1n) is 7.24. The quantitative estimate of drug-likeness (QED) is 0.334. The summed E-state index contributed by atoms with van der Waals surface area (Å²) < 4.78 is 4.66. The fourth-order valence-electron chi connectivity index (χ4n) is 2.03. The van der Waals surface area contributed by atoms with Crippen molar-refractivity contribution in [1.82, 2.24) is 0 Å². The minimum absolute atomic E-state index is 0.0796. The summed E-state index contributed by atoms with van der Waals surface area (Å²) in [5, 5.41) is 9.99. The van der Waals surface area contributed by atoms with Crippen LogP contribution in [0, 0.1) is 5.92 Å². The second kappa shape index (κ2) is 10.2. The normalized spacial score (nSPS) is 17.0. The lowest BCUT2D eigenvalue weighted by Crippen LogP contribution is -2.14. The van der Waals surface area contributed by atoms with Crippen LogP contribution in [0.1, 0.15) is 41.0 Å². The molecule has 0 heterocycles. The van der Waals surface area contributed by atoms with Crippen LogP contribution in [-0.4, -0.2) is 24.3 Å². The lowest BCUT2D eigenvalue weighted by atomic mass is 9.98. The summed E-state index contributed by atoms with van der Waals surface area (Å²) in [5.41, 5.74) is 2.61. The van der Waals surface area contributed by atoms with Crippen molar-refractivity contribution in [2.45, 2.75) is 47.1 Å². The van der Waals surface area contributed by atoms with E-state index < -0.39 is 0 Å². The van der Waals surface area contributed by atoms with Crippen molar-refractivity contribution in [1.29, 1.82) is 0 Å². The summed E-state index contributed by atoms with van der Waals surface area (Å²) in [6.45, 7) is 9.59. The standard InChI is InChI=1S/C18H28O3/c1-7-8-9-17(19)15(4)11-13(2)10-14(3)12-16(5)18(20)21-6/h7-8,10-12,15,17,19H,9H2,1-6H3/b8-7+,13-11+,14-10+,16-12+/t15-,17?/m1/s1. The third-order valence-corrected chi connectivity index (χ3v) is 3.15. The molecule has 0 amide bonds. The minimum Gasteiger partial charge on any atom is -0.466 e. The third-order valence-electron chi connectivity index (χ3n) is 3.15. The van der Waals surface area contributed by atoms with Crippen LogP contribution in [0.25, 0.3) is 0 Å². The monoisotopic (exact) mass is 292 g/mol. The number of hydrogen-bond donors (Lipinski definition) is 1. The zero-order valence-electron chi connectivity index (χ0n) is 14.0. The number of aliphatic hydroxyl groups excluding tert-OH is 1. The number of hydrogen-bond acceptors (Lipinski definition) is 3. The van der Waals surface area contributed by atoms with E-state index in [0.717, 1.165) is 11.1 Å². The molecule has 3 nitrogen and oxygen atoms in total. The van der Waals surface area contributed by atoms with E-state index in [2.05, 4.69) is 4.74 Å². The van der Waals surface area contributed by atoms with Gasteiger partial charge in [0.2, 0.25) is 0 Å².